The van der Waals surface area contributed by atoms with Crippen LogP contribution >= 0.6 is 0 Å². The molecular formula is C15H22N2OSi. The average molecular weight is 274 g/mol. The van der Waals surface area contributed by atoms with E-state index < -0.39 is 13.5 Å². The highest BCUT2D eigenvalue weighted by atomic mass is 28.3. The normalized spacial score (nSPS) is 11.5. The van der Waals surface area contributed by atoms with Crippen LogP contribution in [-0.4, -0.2) is 19.0 Å². The molecule has 0 aliphatic carbocycles. The molecule has 0 spiro atoms. The van der Waals surface area contributed by atoms with Gasteiger partial charge in [0.15, 0.2) is 0 Å². The number of aromatic nitrogens is 1. The van der Waals surface area contributed by atoms with Gasteiger partial charge in [-0.2, -0.15) is 0 Å². The summed E-state index contributed by atoms with van der Waals surface area (Å²) in [6.07, 6.45) is 1.70. The van der Waals surface area contributed by atoms with Crippen molar-refractivity contribution in [3.8, 4) is 11.5 Å². The van der Waals surface area contributed by atoms with E-state index in [0.29, 0.717) is 5.82 Å². The van der Waals surface area contributed by atoms with Crippen molar-refractivity contribution in [1.82, 2.24) is 4.98 Å². The topological polar surface area (TPSA) is 42.0 Å². The van der Waals surface area contributed by atoms with E-state index in [-0.39, 0.29) is 5.91 Å². The van der Waals surface area contributed by atoms with Crippen molar-refractivity contribution in [3.63, 3.8) is 0 Å². The number of nitrogens with zero attached hydrogens (tertiary/aromatic N) is 1. The van der Waals surface area contributed by atoms with E-state index >= 15 is 0 Å². The van der Waals surface area contributed by atoms with Crippen molar-refractivity contribution in [2.24, 2.45) is 5.41 Å². The fourth-order valence-electron chi connectivity index (χ4n) is 1.11. The molecule has 0 atom stereocenters. The number of carbonyl (C=O) groups excluding carboxylic acids is 1. The Hall–Kier alpha value is -1.60. The number of hydrogen-bond donors (Lipinski definition) is 1. The van der Waals surface area contributed by atoms with Gasteiger partial charge in [-0.15, -0.1) is 5.54 Å². The highest BCUT2D eigenvalue weighted by Crippen LogP contribution is 2.16. The number of carbonyl (C=O) groups is 1. The predicted molar refractivity (Wildman–Crippen MR) is 82.5 cm³/mol. The van der Waals surface area contributed by atoms with Gasteiger partial charge in [0, 0.05) is 17.2 Å². The summed E-state index contributed by atoms with van der Waals surface area (Å²) in [5.74, 6) is 3.66. The quantitative estimate of drug-likeness (QED) is 0.630. The van der Waals surface area contributed by atoms with E-state index in [9.17, 15) is 4.79 Å². The van der Waals surface area contributed by atoms with Crippen LogP contribution in [0.4, 0.5) is 5.82 Å². The summed E-state index contributed by atoms with van der Waals surface area (Å²) in [5.41, 5.74) is 3.75. The van der Waals surface area contributed by atoms with Crippen molar-refractivity contribution in [2.45, 2.75) is 40.4 Å². The summed E-state index contributed by atoms with van der Waals surface area (Å²) in [4.78, 5) is 16.0. The second-order valence-corrected chi connectivity index (χ2v) is 11.4. The first-order valence-electron chi connectivity index (χ1n) is 6.39. The summed E-state index contributed by atoms with van der Waals surface area (Å²) < 4.78 is 0. The van der Waals surface area contributed by atoms with Crippen LogP contribution < -0.4 is 5.32 Å². The summed E-state index contributed by atoms with van der Waals surface area (Å²) in [5, 5.41) is 2.79. The molecule has 0 aromatic carbocycles. The van der Waals surface area contributed by atoms with E-state index in [4.69, 9.17) is 0 Å². The minimum Gasteiger partial charge on any atom is -0.310 e. The number of nitrogens with one attached hydrogen (secondary N) is 1. The van der Waals surface area contributed by atoms with Crippen LogP contribution in [0.1, 0.15) is 26.3 Å². The first-order valence-corrected chi connectivity index (χ1v) is 9.89. The maximum atomic E-state index is 11.8. The van der Waals surface area contributed by atoms with E-state index in [1.54, 1.807) is 12.3 Å². The Kier molecular flexibility index (Phi) is 4.54. The lowest BCUT2D eigenvalue weighted by molar-refractivity contribution is -0.123. The maximum absolute atomic E-state index is 11.8. The molecule has 1 amide bonds. The van der Waals surface area contributed by atoms with E-state index in [2.05, 4.69) is 41.4 Å². The molecule has 19 heavy (non-hydrogen) atoms. The third-order valence-electron chi connectivity index (χ3n) is 2.27. The molecule has 0 radical (unpaired) electrons. The molecular weight excluding hydrogens is 252 g/mol. The highest BCUT2D eigenvalue weighted by Gasteiger charge is 2.21. The lowest BCUT2D eigenvalue weighted by Gasteiger charge is -2.16. The van der Waals surface area contributed by atoms with Crippen LogP contribution in [0.25, 0.3) is 0 Å². The molecule has 0 aliphatic heterocycles. The third kappa shape index (κ3) is 5.71. The number of anilines is 1. The molecule has 0 saturated heterocycles. The molecule has 0 fully saturated rings. The van der Waals surface area contributed by atoms with Gasteiger partial charge >= 0.3 is 0 Å². The van der Waals surface area contributed by atoms with Crippen LogP contribution in [0.3, 0.4) is 0 Å². The first kappa shape index (κ1) is 15.5. The molecule has 0 bridgehead atoms. The molecule has 3 nitrogen and oxygen atoms in total. The second kappa shape index (κ2) is 5.58. The monoisotopic (exact) mass is 274 g/mol. The van der Waals surface area contributed by atoms with Gasteiger partial charge in [-0.3, -0.25) is 4.79 Å². The van der Waals surface area contributed by atoms with Crippen molar-refractivity contribution in [3.05, 3.63) is 23.9 Å². The molecule has 1 heterocycles. The average Bonchev–Trinajstić information content (AvgIpc) is 2.26. The summed E-state index contributed by atoms with van der Waals surface area (Å²) in [6, 6.07) is 3.68. The van der Waals surface area contributed by atoms with Gasteiger partial charge in [0.05, 0.1) is 0 Å². The van der Waals surface area contributed by atoms with Crippen LogP contribution in [0.15, 0.2) is 18.3 Å². The van der Waals surface area contributed by atoms with Crippen LogP contribution in [-0.2, 0) is 4.79 Å². The Morgan fingerprint density at radius 1 is 1.26 bits per heavy atom. The van der Waals surface area contributed by atoms with Crippen molar-refractivity contribution in [2.75, 3.05) is 5.32 Å². The molecule has 1 N–H and O–H groups in total. The lowest BCUT2D eigenvalue weighted by Crippen LogP contribution is -2.27. The Morgan fingerprint density at radius 2 is 1.89 bits per heavy atom. The number of pyridine rings is 1. The highest BCUT2D eigenvalue weighted by molar-refractivity contribution is 6.83. The molecule has 102 valence electrons. The molecule has 1 aromatic rings. The summed E-state index contributed by atoms with van der Waals surface area (Å²) in [7, 11) is -1.36. The SMILES string of the molecule is CC(C)(C)C(=O)Nc1ccc(C#C[Si](C)(C)C)cn1. The Bertz CT molecular complexity index is 510. The van der Waals surface area contributed by atoms with Gasteiger partial charge in [0.1, 0.15) is 13.9 Å². The van der Waals surface area contributed by atoms with Crippen molar-refractivity contribution in [1.29, 1.82) is 0 Å². The van der Waals surface area contributed by atoms with E-state index in [0.717, 1.165) is 5.56 Å². The standard InChI is InChI=1S/C15H22N2OSi/c1-15(2,3)14(18)17-13-8-7-12(11-16-13)9-10-19(4,5)6/h7-8,11H,1-6H3,(H,16,17,18). The zero-order chi connectivity index (χ0) is 14.7. The van der Waals surface area contributed by atoms with Crippen molar-refractivity contribution < 1.29 is 4.79 Å². The van der Waals surface area contributed by atoms with E-state index in [1.807, 2.05) is 26.8 Å². The van der Waals surface area contributed by atoms with Crippen LogP contribution in [0.5, 0.6) is 0 Å². The van der Waals surface area contributed by atoms with Crippen LogP contribution in [0.2, 0.25) is 19.6 Å². The van der Waals surface area contributed by atoms with Crippen molar-refractivity contribution >= 4 is 19.8 Å². The predicted octanol–water partition coefficient (Wildman–Crippen LogP) is 3.30. The minimum absolute atomic E-state index is 0.0408. The first-order chi connectivity index (χ1) is 8.58. The smallest absolute Gasteiger partial charge is 0.230 e. The van der Waals surface area contributed by atoms with Gasteiger partial charge in [-0.05, 0) is 12.1 Å². The second-order valence-electron chi connectivity index (χ2n) is 6.64. The summed E-state index contributed by atoms with van der Waals surface area (Å²) in [6.45, 7) is 12.2. The van der Waals surface area contributed by atoms with Gasteiger partial charge < -0.3 is 5.32 Å². The number of amides is 1. The molecule has 0 saturated carbocycles. The fraction of sp³-hybridized carbons (Fsp3) is 0.467. The van der Waals surface area contributed by atoms with Crippen LogP contribution in [0, 0.1) is 16.9 Å². The van der Waals surface area contributed by atoms with E-state index in [1.165, 1.54) is 0 Å². The Labute approximate surface area is 116 Å². The molecule has 4 heteroatoms. The Balaban J connectivity index is 2.77. The molecule has 0 unspecified atom stereocenters. The fourth-order valence-corrected chi connectivity index (χ4v) is 1.62. The zero-order valence-electron chi connectivity index (χ0n) is 12.6. The van der Waals surface area contributed by atoms with Gasteiger partial charge in [0.25, 0.3) is 0 Å². The lowest BCUT2D eigenvalue weighted by atomic mass is 9.96. The minimum atomic E-state index is -1.36. The number of hydrogen-bond acceptors (Lipinski definition) is 2. The third-order valence-corrected chi connectivity index (χ3v) is 3.14. The summed E-state index contributed by atoms with van der Waals surface area (Å²) >= 11 is 0. The molecule has 0 aliphatic rings. The Morgan fingerprint density at radius 3 is 2.32 bits per heavy atom. The molecule has 1 rings (SSSR count). The van der Waals surface area contributed by atoms with Gasteiger partial charge in [-0.25, -0.2) is 4.98 Å². The molecule has 1 aromatic heterocycles. The maximum Gasteiger partial charge on any atom is 0.230 e. The van der Waals surface area contributed by atoms with Gasteiger partial charge in [0.2, 0.25) is 5.91 Å². The number of rotatable bonds is 1. The van der Waals surface area contributed by atoms with Gasteiger partial charge in [-0.1, -0.05) is 46.3 Å². The largest absolute Gasteiger partial charge is 0.310 e. The zero-order valence-corrected chi connectivity index (χ0v) is 13.6.